The van der Waals surface area contributed by atoms with Crippen molar-refractivity contribution in [3.8, 4) is 0 Å². The smallest absolute Gasteiger partial charge is 0.407 e. The van der Waals surface area contributed by atoms with Crippen molar-refractivity contribution in [1.29, 1.82) is 0 Å². The molecule has 1 heterocycles. The van der Waals surface area contributed by atoms with Gasteiger partial charge in [0.05, 0.1) is 84.5 Å². The Morgan fingerprint density at radius 3 is 2.00 bits per heavy atom. The van der Waals surface area contributed by atoms with E-state index in [1.807, 2.05) is 13.8 Å². The van der Waals surface area contributed by atoms with E-state index in [-0.39, 0.29) is 38.6 Å². The van der Waals surface area contributed by atoms with Gasteiger partial charge in [0.25, 0.3) is 5.91 Å². The first kappa shape index (κ1) is 53.7. The Hall–Kier alpha value is -5.42. The van der Waals surface area contributed by atoms with Crippen molar-refractivity contribution in [3.63, 3.8) is 0 Å². The van der Waals surface area contributed by atoms with Crippen LogP contribution in [0.15, 0.2) is 35.6 Å². The molecule has 0 radical (unpaired) electrons. The number of aromatic nitrogens is 3. The van der Waals surface area contributed by atoms with Crippen molar-refractivity contribution in [3.05, 3.63) is 41.7 Å². The summed E-state index contributed by atoms with van der Waals surface area (Å²) in [6.45, 7) is 14.7. The van der Waals surface area contributed by atoms with E-state index in [0.29, 0.717) is 102 Å². The molecule has 2 atom stereocenters. The molecule has 22 nitrogen and oxygen atoms in total. The van der Waals surface area contributed by atoms with Gasteiger partial charge in [-0.05, 0) is 63.1 Å². The van der Waals surface area contributed by atoms with Gasteiger partial charge in [-0.25, -0.2) is 14.3 Å². The van der Waals surface area contributed by atoms with E-state index < -0.39 is 41.9 Å². The molecule has 63 heavy (non-hydrogen) atoms. The number of amides is 6. The van der Waals surface area contributed by atoms with Crippen LogP contribution in [0.5, 0.6) is 0 Å². The maximum absolute atomic E-state index is 13.4. The summed E-state index contributed by atoms with van der Waals surface area (Å²) in [5.74, 6) is -1.60. The van der Waals surface area contributed by atoms with Gasteiger partial charge in [0.2, 0.25) is 11.8 Å². The van der Waals surface area contributed by atoms with E-state index in [2.05, 4.69) is 49.0 Å². The first-order valence-corrected chi connectivity index (χ1v) is 21.2. The minimum atomic E-state index is -1.02. The second-order valence-corrected chi connectivity index (χ2v) is 14.7. The van der Waals surface area contributed by atoms with Crippen LogP contribution in [0.2, 0.25) is 0 Å². The number of hydrogen-bond donors (Lipinski definition) is 6. The largest absolute Gasteiger partial charge is 0.445 e. The molecule has 0 aliphatic heterocycles. The highest BCUT2D eigenvalue weighted by molar-refractivity contribution is 5.98. The second-order valence-electron chi connectivity index (χ2n) is 14.7. The monoisotopic (exact) mass is 893 g/mol. The summed E-state index contributed by atoms with van der Waals surface area (Å²) in [6, 6.07) is 3.91. The van der Waals surface area contributed by atoms with Crippen LogP contribution in [-0.4, -0.2) is 142 Å². The summed E-state index contributed by atoms with van der Waals surface area (Å²) in [4.78, 5) is 67.9. The number of carbonyl (C=O) groups is 5. The highest BCUT2D eigenvalue weighted by atomic mass is 16.6. The SMILES string of the molecule is CCCOCCOCCOCCOCCOCCn1cc(CNC(=O)OCc2ccc(NC(=O)[C@H](CCCNC(N)=O)NC(=O)[C@H](CC(C)C)NC(=O)CON=C(C)C)cc2)nn1. The third kappa shape index (κ3) is 27.3. The molecule has 0 saturated heterocycles. The lowest BCUT2D eigenvalue weighted by atomic mass is 10.0. The van der Waals surface area contributed by atoms with Crippen molar-refractivity contribution in [2.75, 3.05) is 84.5 Å². The second kappa shape index (κ2) is 33.2. The molecule has 1 aromatic carbocycles. The number of nitrogens with two attached hydrogens (primary N) is 1. The van der Waals surface area contributed by atoms with Gasteiger partial charge in [-0.3, -0.25) is 14.4 Å². The van der Waals surface area contributed by atoms with Crippen LogP contribution in [0.4, 0.5) is 15.3 Å². The van der Waals surface area contributed by atoms with Crippen LogP contribution in [0, 0.1) is 5.92 Å². The number of nitrogens with one attached hydrogen (secondary N) is 5. The van der Waals surface area contributed by atoms with E-state index in [1.165, 1.54) is 0 Å². The third-order valence-corrected chi connectivity index (χ3v) is 8.30. The number of alkyl carbamates (subject to hydrolysis) is 1. The Labute approximate surface area is 369 Å². The van der Waals surface area contributed by atoms with Crippen LogP contribution in [0.1, 0.15) is 71.6 Å². The molecule has 0 aliphatic carbocycles. The quantitative estimate of drug-likeness (QED) is 0.0328. The fraction of sp³-hybridized carbons (Fsp3) is 0.659. The molecule has 7 N–H and O–H groups in total. The molecule has 354 valence electrons. The van der Waals surface area contributed by atoms with Crippen LogP contribution in [-0.2, 0) is 67.3 Å². The van der Waals surface area contributed by atoms with E-state index in [1.54, 1.807) is 49.0 Å². The molecule has 22 heteroatoms. The molecular weight excluding hydrogens is 825 g/mol. The van der Waals surface area contributed by atoms with Gasteiger partial charge in [0.1, 0.15) is 24.4 Å². The summed E-state index contributed by atoms with van der Waals surface area (Å²) in [5.41, 5.74) is 7.39. The molecule has 0 fully saturated rings. The number of benzene rings is 1. The van der Waals surface area contributed by atoms with Gasteiger partial charge in [-0.2, -0.15) is 0 Å². The molecular formula is C41H68N10O12. The van der Waals surface area contributed by atoms with Crippen molar-refractivity contribution < 1.29 is 57.2 Å². The number of hydrogen-bond acceptors (Lipinski definition) is 15. The molecule has 0 saturated carbocycles. The number of carbonyl (C=O) groups excluding carboxylic acids is 5. The average molecular weight is 893 g/mol. The molecule has 6 amide bonds. The topological polar surface area (TPSA) is 279 Å². The maximum Gasteiger partial charge on any atom is 0.407 e. The lowest BCUT2D eigenvalue weighted by Crippen LogP contribution is -2.53. The molecule has 1 aromatic heterocycles. The Morgan fingerprint density at radius 2 is 1.41 bits per heavy atom. The van der Waals surface area contributed by atoms with Crippen molar-refractivity contribution >= 4 is 41.2 Å². The summed E-state index contributed by atoms with van der Waals surface area (Å²) in [5, 5.41) is 25.1. The fourth-order valence-electron chi connectivity index (χ4n) is 5.31. The van der Waals surface area contributed by atoms with E-state index >= 15 is 0 Å². The van der Waals surface area contributed by atoms with Crippen molar-refractivity contribution in [1.82, 2.24) is 36.3 Å². The summed E-state index contributed by atoms with van der Waals surface area (Å²) < 4.78 is 34.3. The number of urea groups is 1. The van der Waals surface area contributed by atoms with Crippen molar-refractivity contribution in [2.24, 2.45) is 16.8 Å². The molecule has 0 spiro atoms. The van der Waals surface area contributed by atoms with Crippen molar-refractivity contribution in [2.45, 2.75) is 92.1 Å². The highest BCUT2D eigenvalue weighted by Crippen LogP contribution is 2.13. The highest BCUT2D eigenvalue weighted by Gasteiger charge is 2.27. The molecule has 2 aromatic rings. The van der Waals surface area contributed by atoms with Gasteiger partial charge >= 0.3 is 12.1 Å². The number of ether oxygens (including phenoxy) is 6. The normalized spacial score (nSPS) is 11.9. The Kier molecular flexibility index (Phi) is 28.3. The Bertz CT molecular complexity index is 1640. The lowest BCUT2D eigenvalue weighted by Gasteiger charge is -2.24. The van der Waals surface area contributed by atoms with E-state index in [9.17, 15) is 24.0 Å². The zero-order valence-corrected chi connectivity index (χ0v) is 37.3. The minimum absolute atomic E-state index is 0.0325. The minimum Gasteiger partial charge on any atom is -0.445 e. The van der Waals surface area contributed by atoms with Crippen LogP contribution >= 0.6 is 0 Å². The summed E-state index contributed by atoms with van der Waals surface area (Å²) in [7, 11) is 0. The zero-order valence-electron chi connectivity index (χ0n) is 37.3. The number of anilines is 1. The zero-order chi connectivity index (χ0) is 46.1. The predicted molar refractivity (Wildman–Crippen MR) is 231 cm³/mol. The number of nitrogens with zero attached hydrogens (tertiary/aromatic N) is 4. The Morgan fingerprint density at radius 1 is 0.794 bits per heavy atom. The predicted octanol–water partition coefficient (Wildman–Crippen LogP) is 2.01. The van der Waals surface area contributed by atoms with Crippen LogP contribution in [0.25, 0.3) is 0 Å². The summed E-state index contributed by atoms with van der Waals surface area (Å²) in [6.07, 6.45) is 2.80. The van der Waals surface area contributed by atoms with E-state index in [0.717, 1.165) is 13.0 Å². The summed E-state index contributed by atoms with van der Waals surface area (Å²) >= 11 is 0. The number of oxime groups is 1. The van der Waals surface area contributed by atoms with Crippen LogP contribution in [0.3, 0.4) is 0 Å². The van der Waals surface area contributed by atoms with Gasteiger partial charge in [0.15, 0.2) is 6.61 Å². The number of rotatable bonds is 35. The average Bonchev–Trinajstić information content (AvgIpc) is 3.70. The number of primary amides is 1. The van der Waals surface area contributed by atoms with Gasteiger partial charge < -0.3 is 65.6 Å². The lowest BCUT2D eigenvalue weighted by molar-refractivity contribution is -0.133. The standard InChI is InChI=1S/C41H68N10O12/c1-6-15-57-17-19-59-21-23-61-24-22-60-20-18-58-16-14-51-27-34(48-50-51)26-44-41(56)62-28-32-9-11-33(12-10-32)45-38(53)35(8-7-13-43-40(42)55)47-39(54)36(25-30(2)3)46-37(52)29-63-49-31(4)5/h9-12,27,30,35-36H,6-8,13-26,28-29H2,1-5H3,(H,44,56)(H,45,53)(H,46,52)(H,47,54)(H3,42,43,55)/t35-,36-/m0/s1. The molecule has 0 bridgehead atoms. The molecule has 0 aliphatic rings. The first-order valence-electron chi connectivity index (χ1n) is 21.2. The van der Waals surface area contributed by atoms with Gasteiger partial charge in [-0.15, -0.1) is 5.10 Å². The molecule has 0 unspecified atom stereocenters. The molecule has 2 rings (SSSR count). The third-order valence-electron chi connectivity index (χ3n) is 8.30. The van der Waals surface area contributed by atoms with Crippen LogP contribution < -0.4 is 32.3 Å². The first-order chi connectivity index (χ1) is 30.4. The van der Waals surface area contributed by atoms with E-state index in [4.69, 9.17) is 39.0 Å². The Balaban J connectivity index is 1.73. The van der Waals surface area contributed by atoms with Gasteiger partial charge in [0, 0.05) is 18.8 Å². The maximum atomic E-state index is 13.4. The fourth-order valence-corrected chi connectivity index (χ4v) is 5.31. The van der Waals surface area contributed by atoms with Gasteiger partial charge in [-0.1, -0.05) is 43.3 Å².